The zero-order chi connectivity index (χ0) is 21.1. The number of hydrogen-bond acceptors (Lipinski definition) is 3. The van der Waals surface area contributed by atoms with Gasteiger partial charge in [0.2, 0.25) is 0 Å². The summed E-state index contributed by atoms with van der Waals surface area (Å²) in [7, 11) is 0. The molecule has 0 aromatic heterocycles. The molecule has 4 rings (SSSR count). The Morgan fingerprint density at radius 2 is 2.03 bits per heavy atom. The molecule has 4 aliphatic rings. The van der Waals surface area contributed by atoms with Crippen molar-refractivity contribution in [3.63, 3.8) is 0 Å². The Hall–Kier alpha value is -1.68. The molecule has 0 aromatic rings. The minimum atomic E-state index is -0.949. The number of rotatable bonds is 2. The summed E-state index contributed by atoms with van der Waals surface area (Å²) in [5, 5.41) is 9.88. The highest BCUT2D eigenvalue weighted by molar-refractivity contribution is 6.04. The van der Waals surface area contributed by atoms with E-state index in [0.717, 1.165) is 31.3 Å². The van der Waals surface area contributed by atoms with Crippen molar-refractivity contribution in [1.29, 1.82) is 0 Å². The molecule has 1 heterocycles. The number of allylic oxidation sites excluding steroid dienone is 4. The van der Waals surface area contributed by atoms with Crippen LogP contribution in [0.5, 0.6) is 0 Å². The number of hydrogen-bond donors (Lipinski definition) is 1. The highest BCUT2D eigenvalue weighted by atomic mass is 16.5. The lowest BCUT2D eigenvalue weighted by atomic mass is 9.62. The number of carbonyl (C=O) groups excluding carboxylic acids is 1. The Bertz CT molecular complexity index is 830. The molecule has 4 nitrogen and oxygen atoms in total. The molecule has 0 aromatic carbocycles. The molecular weight excluding hydrogens is 364 g/mol. The summed E-state index contributed by atoms with van der Waals surface area (Å²) in [5.41, 5.74) is 2.47. The van der Waals surface area contributed by atoms with E-state index in [9.17, 15) is 14.7 Å². The van der Waals surface area contributed by atoms with Crippen molar-refractivity contribution >= 4 is 11.8 Å². The molecule has 0 amide bonds. The first kappa shape index (κ1) is 20.6. The summed E-state index contributed by atoms with van der Waals surface area (Å²) >= 11 is 0. The van der Waals surface area contributed by atoms with Crippen LogP contribution in [0, 0.1) is 29.1 Å². The van der Waals surface area contributed by atoms with Gasteiger partial charge in [0, 0.05) is 5.57 Å². The van der Waals surface area contributed by atoms with Crippen LogP contribution in [0.3, 0.4) is 0 Å². The number of aliphatic carboxylic acids is 1. The molecule has 0 radical (unpaired) electrons. The van der Waals surface area contributed by atoms with Gasteiger partial charge in [-0.05, 0) is 82.1 Å². The Morgan fingerprint density at radius 3 is 2.69 bits per heavy atom. The van der Waals surface area contributed by atoms with Crippen molar-refractivity contribution in [1.82, 2.24) is 0 Å². The van der Waals surface area contributed by atoms with Gasteiger partial charge in [0.1, 0.15) is 0 Å². The largest absolute Gasteiger partial charge is 0.478 e. The third kappa shape index (κ3) is 3.15. The quantitative estimate of drug-likeness (QED) is 0.658. The van der Waals surface area contributed by atoms with Crippen LogP contribution in [0.4, 0.5) is 0 Å². The van der Waals surface area contributed by atoms with Crippen LogP contribution >= 0.6 is 0 Å². The SMILES string of the molecule is CC(C)=CC1CC(C)C2(CCC3(C)CC4C(C)=CC(=O)C4C(C(=O)O)=CCC32)O1. The second-order valence-corrected chi connectivity index (χ2v) is 10.5. The molecule has 1 N–H and O–H groups in total. The predicted molar refractivity (Wildman–Crippen MR) is 112 cm³/mol. The molecule has 1 spiro atoms. The van der Waals surface area contributed by atoms with E-state index in [4.69, 9.17) is 4.74 Å². The molecular formula is C25H34O4. The molecule has 2 fully saturated rings. The van der Waals surface area contributed by atoms with Crippen LogP contribution < -0.4 is 0 Å². The first-order chi connectivity index (χ1) is 13.6. The molecule has 7 atom stereocenters. The monoisotopic (exact) mass is 398 g/mol. The lowest BCUT2D eigenvalue weighted by molar-refractivity contribution is -0.135. The van der Waals surface area contributed by atoms with E-state index < -0.39 is 11.9 Å². The predicted octanol–water partition coefficient (Wildman–Crippen LogP) is 5.10. The van der Waals surface area contributed by atoms with Crippen molar-refractivity contribution in [2.75, 3.05) is 0 Å². The fraction of sp³-hybridized carbons (Fsp3) is 0.680. The van der Waals surface area contributed by atoms with Gasteiger partial charge < -0.3 is 9.84 Å². The second-order valence-electron chi connectivity index (χ2n) is 10.5. The second kappa shape index (κ2) is 6.94. The summed E-state index contributed by atoms with van der Waals surface area (Å²) < 4.78 is 6.78. The van der Waals surface area contributed by atoms with E-state index in [1.165, 1.54) is 5.57 Å². The van der Waals surface area contributed by atoms with Gasteiger partial charge in [-0.15, -0.1) is 0 Å². The molecule has 0 bridgehead atoms. The molecule has 3 aliphatic carbocycles. The fourth-order valence-corrected chi connectivity index (χ4v) is 6.97. The summed E-state index contributed by atoms with van der Waals surface area (Å²) in [5.74, 6) is -0.784. The smallest absolute Gasteiger partial charge is 0.332 e. The Balaban J connectivity index is 1.75. The summed E-state index contributed by atoms with van der Waals surface area (Å²) in [4.78, 5) is 24.7. The minimum absolute atomic E-state index is 0.00177. The number of fused-ring (bicyclic) bond motifs is 3. The average molecular weight is 399 g/mol. The van der Waals surface area contributed by atoms with Crippen molar-refractivity contribution in [3.8, 4) is 0 Å². The van der Waals surface area contributed by atoms with Crippen LogP contribution in [0.2, 0.25) is 0 Å². The van der Waals surface area contributed by atoms with E-state index >= 15 is 0 Å². The average Bonchev–Trinajstić information content (AvgIpc) is 3.14. The Kier molecular flexibility index (Phi) is 4.92. The van der Waals surface area contributed by atoms with Gasteiger partial charge >= 0.3 is 5.97 Å². The van der Waals surface area contributed by atoms with Crippen molar-refractivity contribution in [3.05, 3.63) is 34.9 Å². The lowest BCUT2D eigenvalue weighted by Crippen LogP contribution is -2.45. The molecule has 1 saturated carbocycles. The van der Waals surface area contributed by atoms with E-state index in [1.54, 1.807) is 6.08 Å². The maximum Gasteiger partial charge on any atom is 0.332 e. The number of carboxylic acid groups (broad SMARTS) is 1. The number of carboxylic acids is 1. The van der Waals surface area contributed by atoms with Crippen LogP contribution in [-0.4, -0.2) is 28.6 Å². The number of ketones is 1. The molecule has 4 heteroatoms. The summed E-state index contributed by atoms with van der Waals surface area (Å²) in [6.07, 6.45) is 10.6. The molecule has 158 valence electrons. The van der Waals surface area contributed by atoms with Crippen molar-refractivity contribution in [2.45, 2.75) is 78.4 Å². The molecule has 29 heavy (non-hydrogen) atoms. The van der Waals surface area contributed by atoms with Crippen molar-refractivity contribution < 1.29 is 19.4 Å². The standard InChI is InChI=1S/C25H34O4/c1-14(2)10-17-12-16(4)25(29-17)9-8-24(5)13-19-15(3)11-20(26)22(19)18(23(27)28)6-7-21(24)25/h6,10-11,16-17,19,21-22H,7-9,12-13H2,1-5H3,(H,27,28). The third-order valence-corrected chi connectivity index (χ3v) is 8.33. The van der Waals surface area contributed by atoms with Gasteiger partial charge in [-0.2, -0.15) is 0 Å². The van der Waals surface area contributed by atoms with Gasteiger partial charge in [0.05, 0.1) is 17.6 Å². The van der Waals surface area contributed by atoms with Gasteiger partial charge in [0.25, 0.3) is 0 Å². The zero-order valence-electron chi connectivity index (χ0n) is 18.3. The van der Waals surface area contributed by atoms with Crippen LogP contribution in [0.25, 0.3) is 0 Å². The van der Waals surface area contributed by atoms with Gasteiger partial charge in [-0.1, -0.05) is 37.1 Å². The lowest BCUT2D eigenvalue weighted by Gasteiger charge is -2.44. The first-order valence-electron chi connectivity index (χ1n) is 11.1. The van der Waals surface area contributed by atoms with Gasteiger partial charge in [-0.3, -0.25) is 4.79 Å². The van der Waals surface area contributed by atoms with E-state index in [-0.39, 0.29) is 34.7 Å². The van der Waals surface area contributed by atoms with E-state index in [0.29, 0.717) is 17.9 Å². The number of ether oxygens (including phenoxy) is 1. The van der Waals surface area contributed by atoms with Gasteiger partial charge in [0.15, 0.2) is 5.78 Å². The third-order valence-electron chi connectivity index (χ3n) is 8.33. The molecule has 7 unspecified atom stereocenters. The van der Waals surface area contributed by atoms with E-state index in [1.807, 2.05) is 13.0 Å². The highest BCUT2D eigenvalue weighted by Gasteiger charge is 2.62. The molecule has 1 saturated heterocycles. The Labute approximate surface area is 174 Å². The highest BCUT2D eigenvalue weighted by Crippen LogP contribution is 2.63. The van der Waals surface area contributed by atoms with Crippen LogP contribution in [0.15, 0.2) is 34.9 Å². The van der Waals surface area contributed by atoms with Gasteiger partial charge in [-0.25, -0.2) is 4.79 Å². The normalized spacial score (nSPS) is 43.9. The minimum Gasteiger partial charge on any atom is -0.478 e. The zero-order valence-corrected chi connectivity index (χ0v) is 18.3. The van der Waals surface area contributed by atoms with E-state index in [2.05, 4.69) is 33.8 Å². The van der Waals surface area contributed by atoms with Crippen LogP contribution in [0.1, 0.15) is 66.7 Å². The van der Waals surface area contributed by atoms with Crippen molar-refractivity contribution in [2.24, 2.45) is 29.1 Å². The Morgan fingerprint density at radius 1 is 1.31 bits per heavy atom. The summed E-state index contributed by atoms with van der Waals surface area (Å²) in [6, 6.07) is 0. The van der Waals surface area contributed by atoms with Crippen LogP contribution in [-0.2, 0) is 14.3 Å². The number of carbonyl (C=O) groups is 2. The molecule has 1 aliphatic heterocycles. The topological polar surface area (TPSA) is 63.6 Å². The maximum atomic E-state index is 12.6. The fourth-order valence-electron chi connectivity index (χ4n) is 6.97. The maximum absolute atomic E-state index is 12.6. The summed E-state index contributed by atoms with van der Waals surface area (Å²) in [6.45, 7) is 10.9. The first-order valence-corrected chi connectivity index (χ1v) is 11.1.